The maximum Gasteiger partial charge on any atom is 0.249 e. The fourth-order valence-electron chi connectivity index (χ4n) is 6.19. The maximum atomic E-state index is 6.48. The third-order valence-electron chi connectivity index (χ3n) is 7.54. The van der Waals surface area contributed by atoms with Crippen molar-refractivity contribution in [1.29, 1.82) is 0 Å². The number of pyridine rings is 1. The van der Waals surface area contributed by atoms with Crippen LogP contribution in [0.25, 0.3) is 22.4 Å². The Balaban J connectivity index is 1.47. The number of aromatic nitrogens is 4. The molecule has 1 saturated heterocycles. The lowest BCUT2D eigenvalue weighted by atomic mass is 9.64. The monoisotopic (exact) mass is 507 g/mol. The molecule has 0 saturated carbocycles. The van der Waals surface area contributed by atoms with E-state index in [0.717, 1.165) is 29.4 Å². The Morgan fingerprint density at radius 3 is 2.85 bits per heavy atom. The van der Waals surface area contributed by atoms with Crippen LogP contribution in [0.4, 0.5) is 0 Å². The Labute approximate surface area is 200 Å². The van der Waals surface area contributed by atoms with Gasteiger partial charge in [0.2, 0.25) is 11.8 Å². The van der Waals surface area contributed by atoms with Gasteiger partial charge in [-0.3, -0.25) is 9.88 Å². The Kier molecular flexibility index (Phi) is 4.60. The zero-order chi connectivity index (χ0) is 23.0. The molecule has 0 spiro atoms. The third kappa shape index (κ3) is 2.97. The van der Waals surface area contributed by atoms with E-state index in [9.17, 15) is 0 Å². The van der Waals surface area contributed by atoms with Gasteiger partial charge in [-0.1, -0.05) is 12.1 Å². The SMILES string of the molecule is CO[C@]12C[C@](C)(c3nnc(-c4cncc(Br)c4)o3)CN(C)[C@@H]1Cc1cn(C)c3cccc2c13. The quantitative estimate of drug-likeness (QED) is 0.408. The Bertz CT molecular complexity index is 1380. The molecule has 6 rings (SSSR count). The molecule has 4 heterocycles. The highest BCUT2D eigenvalue weighted by Crippen LogP contribution is 2.53. The predicted octanol–water partition coefficient (Wildman–Crippen LogP) is 4.45. The number of methoxy groups -OCH3 is 1. The Morgan fingerprint density at radius 1 is 1.21 bits per heavy atom. The smallest absolute Gasteiger partial charge is 0.249 e. The minimum Gasteiger partial charge on any atom is -0.420 e. The van der Waals surface area contributed by atoms with Crippen LogP contribution in [-0.4, -0.2) is 51.4 Å². The van der Waals surface area contributed by atoms with E-state index < -0.39 is 5.60 Å². The van der Waals surface area contributed by atoms with Crippen LogP contribution in [0.5, 0.6) is 0 Å². The summed E-state index contributed by atoms with van der Waals surface area (Å²) in [6, 6.07) is 8.72. The largest absolute Gasteiger partial charge is 0.420 e. The molecule has 1 aromatic carbocycles. The van der Waals surface area contributed by atoms with Crippen LogP contribution in [0.1, 0.15) is 30.4 Å². The standard InChI is InChI=1S/C25H26BrN5O2/c1-24(23-29-28-22(33-23)15-8-17(26)11-27-10-15)13-25(32-4)18-6-5-7-19-21(18)16(12-30(19)2)9-20(25)31(3)14-24/h5-8,10-12,20H,9,13-14H2,1-4H3/t20-,24+,25+/m1/s1. The third-order valence-corrected chi connectivity index (χ3v) is 7.97. The topological polar surface area (TPSA) is 69.2 Å². The van der Waals surface area contributed by atoms with Gasteiger partial charge in [0.1, 0.15) is 5.60 Å². The van der Waals surface area contributed by atoms with E-state index in [1.807, 2.05) is 13.2 Å². The molecule has 0 bridgehead atoms. The number of rotatable bonds is 3. The fourth-order valence-corrected chi connectivity index (χ4v) is 6.56. The molecule has 3 aromatic heterocycles. The molecule has 0 N–H and O–H groups in total. The second-order valence-electron chi connectivity index (χ2n) is 9.74. The Morgan fingerprint density at radius 2 is 2.06 bits per heavy atom. The molecule has 0 unspecified atom stereocenters. The van der Waals surface area contributed by atoms with E-state index in [-0.39, 0.29) is 11.5 Å². The number of fused-ring (bicyclic) bond motifs is 2. The molecular formula is C25H26BrN5O2. The molecule has 2 aliphatic rings. The van der Waals surface area contributed by atoms with Crippen LogP contribution in [0, 0.1) is 0 Å². The number of likely N-dealkylation sites (N-methyl/N-ethyl adjacent to an activating group) is 1. The first-order valence-electron chi connectivity index (χ1n) is 11.1. The van der Waals surface area contributed by atoms with E-state index >= 15 is 0 Å². The molecule has 0 radical (unpaired) electrons. The van der Waals surface area contributed by atoms with Crippen molar-refractivity contribution >= 4 is 26.8 Å². The second-order valence-corrected chi connectivity index (χ2v) is 10.7. The van der Waals surface area contributed by atoms with Crippen LogP contribution in [0.15, 0.2) is 51.7 Å². The van der Waals surface area contributed by atoms with Gasteiger partial charge < -0.3 is 13.7 Å². The molecule has 1 fully saturated rings. The molecule has 3 atom stereocenters. The fraction of sp³-hybridized carbons (Fsp3) is 0.400. The number of likely N-dealkylation sites (tertiary alicyclic amines) is 1. The summed E-state index contributed by atoms with van der Waals surface area (Å²) in [5.41, 5.74) is 3.84. The first-order chi connectivity index (χ1) is 15.8. The molecule has 1 aliphatic heterocycles. The van der Waals surface area contributed by atoms with Gasteiger partial charge in [-0.15, -0.1) is 10.2 Å². The van der Waals surface area contributed by atoms with Crippen molar-refractivity contribution in [2.24, 2.45) is 7.05 Å². The van der Waals surface area contributed by atoms with Gasteiger partial charge in [-0.2, -0.15) is 0 Å². The van der Waals surface area contributed by atoms with E-state index in [4.69, 9.17) is 9.15 Å². The summed E-state index contributed by atoms with van der Waals surface area (Å²) in [6.07, 6.45) is 7.46. The highest BCUT2D eigenvalue weighted by Gasteiger charge is 2.57. The summed E-state index contributed by atoms with van der Waals surface area (Å²) in [5, 5.41) is 10.2. The van der Waals surface area contributed by atoms with Crippen LogP contribution in [0.3, 0.4) is 0 Å². The van der Waals surface area contributed by atoms with Crippen LogP contribution < -0.4 is 0 Å². The number of halogens is 1. The van der Waals surface area contributed by atoms with Crippen molar-refractivity contribution in [2.45, 2.75) is 36.8 Å². The zero-order valence-electron chi connectivity index (χ0n) is 19.2. The van der Waals surface area contributed by atoms with Gasteiger partial charge in [0.25, 0.3) is 0 Å². The van der Waals surface area contributed by atoms with Gasteiger partial charge in [0, 0.05) is 60.7 Å². The van der Waals surface area contributed by atoms with Gasteiger partial charge >= 0.3 is 0 Å². The molecule has 1 aliphatic carbocycles. The van der Waals surface area contributed by atoms with Crippen LogP contribution in [0.2, 0.25) is 0 Å². The van der Waals surface area contributed by atoms with Gasteiger partial charge in [0.15, 0.2) is 0 Å². The minimum absolute atomic E-state index is 0.229. The van der Waals surface area contributed by atoms with E-state index in [2.05, 4.69) is 86.0 Å². The summed E-state index contributed by atoms with van der Waals surface area (Å²) in [5.74, 6) is 1.11. The van der Waals surface area contributed by atoms with Crippen molar-refractivity contribution in [3.05, 3.63) is 64.3 Å². The average molecular weight is 508 g/mol. The lowest BCUT2D eigenvalue weighted by molar-refractivity contribution is -0.133. The summed E-state index contributed by atoms with van der Waals surface area (Å²) in [7, 11) is 6.14. The number of aryl methyl sites for hydroxylation is 1. The highest BCUT2D eigenvalue weighted by molar-refractivity contribution is 9.10. The average Bonchev–Trinajstić information content (AvgIpc) is 3.42. The first kappa shape index (κ1) is 21.0. The predicted molar refractivity (Wildman–Crippen MR) is 129 cm³/mol. The van der Waals surface area contributed by atoms with Gasteiger partial charge in [-0.25, -0.2) is 0 Å². The summed E-state index contributed by atoms with van der Waals surface area (Å²) in [4.78, 5) is 6.64. The molecule has 4 aromatic rings. The van der Waals surface area contributed by atoms with Crippen LogP contribution in [-0.2, 0) is 29.2 Å². The Hall–Kier alpha value is -2.55. The van der Waals surface area contributed by atoms with Gasteiger partial charge in [0.05, 0.1) is 11.0 Å². The minimum atomic E-state index is -0.471. The molecular weight excluding hydrogens is 482 g/mol. The number of benzene rings is 1. The maximum absolute atomic E-state index is 6.48. The highest BCUT2D eigenvalue weighted by atomic mass is 79.9. The van der Waals surface area contributed by atoms with Crippen molar-refractivity contribution in [2.75, 3.05) is 20.7 Å². The number of hydrogen-bond acceptors (Lipinski definition) is 6. The lowest BCUT2D eigenvalue weighted by Gasteiger charge is -2.55. The van der Waals surface area contributed by atoms with Crippen LogP contribution >= 0.6 is 15.9 Å². The molecule has 7 nitrogen and oxygen atoms in total. The second kappa shape index (κ2) is 7.22. The van der Waals surface area contributed by atoms with E-state index in [1.165, 1.54) is 22.0 Å². The lowest BCUT2D eigenvalue weighted by Crippen LogP contribution is -2.63. The normalized spacial score (nSPS) is 27.1. The van der Waals surface area contributed by atoms with Crippen molar-refractivity contribution < 1.29 is 9.15 Å². The summed E-state index contributed by atoms with van der Waals surface area (Å²) in [6.45, 7) is 3.01. The number of nitrogens with zero attached hydrogens (tertiary/aromatic N) is 5. The molecule has 170 valence electrons. The number of ether oxygens (including phenoxy) is 1. The summed E-state index contributed by atoms with van der Waals surface area (Å²) < 4.78 is 15.8. The van der Waals surface area contributed by atoms with E-state index in [1.54, 1.807) is 12.4 Å². The van der Waals surface area contributed by atoms with Crippen molar-refractivity contribution in [3.63, 3.8) is 0 Å². The number of hydrogen-bond donors (Lipinski definition) is 0. The van der Waals surface area contributed by atoms with Crippen molar-refractivity contribution in [1.82, 2.24) is 24.6 Å². The first-order valence-corrected chi connectivity index (χ1v) is 11.9. The molecule has 33 heavy (non-hydrogen) atoms. The molecule has 8 heteroatoms. The molecule has 0 amide bonds. The number of piperidine rings is 1. The van der Waals surface area contributed by atoms with Gasteiger partial charge in [-0.05, 0) is 66.0 Å². The summed E-state index contributed by atoms with van der Waals surface area (Å²) >= 11 is 3.47. The van der Waals surface area contributed by atoms with Crippen molar-refractivity contribution in [3.8, 4) is 11.5 Å². The van der Waals surface area contributed by atoms with E-state index in [0.29, 0.717) is 11.8 Å². The zero-order valence-corrected chi connectivity index (χ0v) is 20.8.